The molecule has 0 radical (unpaired) electrons. The predicted octanol–water partition coefficient (Wildman–Crippen LogP) is -1.16. The summed E-state index contributed by atoms with van der Waals surface area (Å²) in [5.74, 6) is -0.0938. The lowest BCUT2D eigenvalue weighted by Crippen LogP contribution is -2.29. The SMILES string of the molecule is Cc1cc2c([O-])[n+](C)cn2n(C)c1=O. The lowest BCUT2D eigenvalue weighted by Gasteiger charge is -2.00. The molecule has 14 heavy (non-hydrogen) atoms. The Labute approximate surface area is 80.4 Å². The molecule has 0 saturated heterocycles. The van der Waals surface area contributed by atoms with Crippen molar-refractivity contribution in [3.05, 3.63) is 28.3 Å². The molecule has 2 aromatic heterocycles. The molecule has 0 bridgehead atoms. The normalized spacial score (nSPS) is 11.1. The van der Waals surface area contributed by atoms with Crippen LogP contribution in [0.25, 0.3) is 5.52 Å². The van der Waals surface area contributed by atoms with Crippen LogP contribution in [0.15, 0.2) is 17.2 Å². The Bertz CT molecular complexity index is 565. The molecule has 0 aromatic carbocycles. The number of hydrogen-bond donors (Lipinski definition) is 0. The molecule has 0 fully saturated rings. The molecule has 0 saturated carbocycles. The van der Waals surface area contributed by atoms with E-state index in [1.165, 1.54) is 9.25 Å². The van der Waals surface area contributed by atoms with E-state index in [9.17, 15) is 9.90 Å². The van der Waals surface area contributed by atoms with E-state index in [2.05, 4.69) is 0 Å². The van der Waals surface area contributed by atoms with Crippen molar-refractivity contribution < 1.29 is 9.67 Å². The van der Waals surface area contributed by atoms with Gasteiger partial charge >= 0.3 is 0 Å². The molecule has 0 amide bonds. The average molecular weight is 193 g/mol. The van der Waals surface area contributed by atoms with Crippen molar-refractivity contribution >= 4 is 5.52 Å². The molecule has 74 valence electrons. The minimum absolute atomic E-state index is 0.0897. The number of aryl methyl sites for hydroxylation is 3. The van der Waals surface area contributed by atoms with Gasteiger partial charge in [0.05, 0.1) is 14.1 Å². The molecule has 0 N–H and O–H groups in total. The number of nitrogens with zero attached hydrogens (tertiary/aromatic N) is 3. The maximum absolute atomic E-state index is 11.6. The first-order valence-electron chi connectivity index (χ1n) is 4.27. The van der Waals surface area contributed by atoms with E-state index < -0.39 is 0 Å². The number of aromatic nitrogens is 3. The van der Waals surface area contributed by atoms with Crippen LogP contribution in [0, 0.1) is 6.92 Å². The molecule has 2 heterocycles. The highest BCUT2D eigenvalue weighted by molar-refractivity contribution is 5.52. The van der Waals surface area contributed by atoms with E-state index in [4.69, 9.17) is 0 Å². The smallest absolute Gasteiger partial charge is 0.284 e. The molecular weight excluding hydrogens is 182 g/mol. The van der Waals surface area contributed by atoms with Gasteiger partial charge in [0.25, 0.3) is 11.9 Å². The first-order valence-corrected chi connectivity index (χ1v) is 4.27. The van der Waals surface area contributed by atoms with Crippen molar-refractivity contribution in [2.24, 2.45) is 14.1 Å². The number of imidazole rings is 1. The largest absolute Gasteiger partial charge is 0.839 e. The fourth-order valence-corrected chi connectivity index (χ4v) is 1.54. The van der Waals surface area contributed by atoms with Crippen molar-refractivity contribution in [3.8, 4) is 5.88 Å². The summed E-state index contributed by atoms with van der Waals surface area (Å²) in [4.78, 5) is 11.5. The molecule has 5 heteroatoms. The second-order valence-electron chi connectivity index (χ2n) is 3.42. The van der Waals surface area contributed by atoms with Crippen LogP contribution in [0.5, 0.6) is 5.88 Å². The molecule has 0 aliphatic rings. The highest BCUT2D eigenvalue weighted by Gasteiger charge is 2.12. The van der Waals surface area contributed by atoms with Gasteiger partial charge in [-0.1, -0.05) is 0 Å². The Morgan fingerprint density at radius 2 is 2.14 bits per heavy atom. The van der Waals surface area contributed by atoms with Gasteiger partial charge in [-0.25, -0.2) is 4.57 Å². The summed E-state index contributed by atoms with van der Waals surface area (Å²) >= 11 is 0. The summed E-state index contributed by atoms with van der Waals surface area (Å²) in [5.41, 5.74) is 1.01. The molecule has 2 rings (SSSR count). The van der Waals surface area contributed by atoms with Crippen LogP contribution < -0.4 is 15.2 Å². The fourth-order valence-electron chi connectivity index (χ4n) is 1.54. The molecule has 0 aliphatic heterocycles. The van der Waals surface area contributed by atoms with Crippen molar-refractivity contribution in [2.75, 3.05) is 0 Å². The maximum Gasteiger partial charge on any atom is 0.284 e. The van der Waals surface area contributed by atoms with Gasteiger partial charge in [-0.15, -0.1) is 4.52 Å². The van der Waals surface area contributed by atoms with E-state index in [-0.39, 0.29) is 11.4 Å². The third-order valence-electron chi connectivity index (χ3n) is 2.38. The maximum atomic E-state index is 11.6. The number of rotatable bonds is 0. The van der Waals surface area contributed by atoms with Gasteiger partial charge in [0.1, 0.15) is 5.88 Å². The molecule has 0 spiro atoms. The first-order chi connectivity index (χ1) is 6.52. The van der Waals surface area contributed by atoms with Gasteiger partial charge in [0.2, 0.25) is 0 Å². The van der Waals surface area contributed by atoms with E-state index in [1.807, 2.05) is 0 Å². The van der Waals surface area contributed by atoms with Crippen LogP contribution in [-0.2, 0) is 14.1 Å². The Morgan fingerprint density at radius 3 is 2.79 bits per heavy atom. The van der Waals surface area contributed by atoms with Gasteiger partial charge in [-0.2, -0.15) is 4.68 Å². The predicted molar refractivity (Wildman–Crippen MR) is 48.0 cm³/mol. The second-order valence-corrected chi connectivity index (χ2v) is 3.42. The van der Waals surface area contributed by atoms with Crippen LogP contribution in [0.1, 0.15) is 5.56 Å². The Hall–Kier alpha value is -1.78. The van der Waals surface area contributed by atoms with Crippen LogP contribution >= 0.6 is 0 Å². The second kappa shape index (κ2) is 2.60. The molecule has 2 aromatic rings. The Balaban J connectivity index is 3.05. The van der Waals surface area contributed by atoms with Crippen molar-refractivity contribution in [1.82, 2.24) is 9.20 Å². The van der Waals surface area contributed by atoms with E-state index in [0.29, 0.717) is 11.1 Å². The van der Waals surface area contributed by atoms with Crippen LogP contribution in [-0.4, -0.2) is 9.20 Å². The quantitative estimate of drug-likeness (QED) is 0.496. The van der Waals surface area contributed by atoms with Crippen LogP contribution in [0.2, 0.25) is 0 Å². The third kappa shape index (κ3) is 0.951. The molecule has 5 nitrogen and oxygen atoms in total. The summed E-state index contributed by atoms with van der Waals surface area (Å²) in [6, 6.07) is 1.62. The minimum Gasteiger partial charge on any atom is -0.839 e. The minimum atomic E-state index is -0.0938. The molecule has 0 atom stereocenters. The summed E-state index contributed by atoms with van der Waals surface area (Å²) in [6.45, 7) is 1.70. The highest BCUT2D eigenvalue weighted by Crippen LogP contribution is 2.09. The monoisotopic (exact) mass is 193 g/mol. The molecular formula is C9H11N3O2. The van der Waals surface area contributed by atoms with Crippen LogP contribution in [0.3, 0.4) is 0 Å². The lowest BCUT2D eigenvalue weighted by atomic mass is 10.3. The third-order valence-corrected chi connectivity index (χ3v) is 2.38. The summed E-state index contributed by atoms with van der Waals surface area (Å²) in [6.07, 6.45) is 1.60. The fraction of sp³-hybridized carbons (Fsp3) is 0.333. The first kappa shape index (κ1) is 8.80. The summed E-state index contributed by atoms with van der Waals surface area (Å²) in [5, 5.41) is 11.6. The summed E-state index contributed by atoms with van der Waals surface area (Å²) in [7, 11) is 3.30. The number of hydrogen-bond acceptors (Lipinski definition) is 2. The van der Waals surface area contributed by atoms with Crippen molar-refractivity contribution in [1.29, 1.82) is 0 Å². The lowest BCUT2D eigenvalue weighted by molar-refractivity contribution is -0.711. The standard InChI is InChI=1S/C9H11N3O2/c1-6-4-7-9(14)10(2)5-12(7)11(3)8(6)13/h4-5H,1-3H3. The molecule has 0 unspecified atom stereocenters. The van der Waals surface area contributed by atoms with Gasteiger partial charge in [0.15, 0.2) is 5.52 Å². The zero-order valence-electron chi connectivity index (χ0n) is 8.31. The Morgan fingerprint density at radius 1 is 1.50 bits per heavy atom. The highest BCUT2D eigenvalue weighted by atomic mass is 16.3. The zero-order valence-corrected chi connectivity index (χ0v) is 8.31. The van der Waals surface area contributed by atoms with Gasteiger partial charge in [-0.3, -0.25) is 4.79 Å². The van der Waals surface area contributed by atoms with E-state index >= 15 is 0 Å². The number of fused-ring (bicyclic) bond motifs is 1. The van der Waals surface area contributed by atoms with Gasteiger partial charge in [0, 0.05) is 5.56 Å². The van der Waals surface area contributed by atoms with Crippen LogP contribution in [0.4, 0.5) is 0 Å². The van der Waals surface area contributed by atoms with Gasteiger partial charge in [-0.05, 0) is 13.0 Å². The van der Waals surface area contributed by atoms with E-state index in [0.717, 1.165) is 0 Å². The van der Waals surface area contributed by atoms with E-state index in [1.54, 1.807) is 37.9 Å². The average Bonchev–Trinajstić information content (AvgIpc) is 2.42. The topological polar surface area (TPSA) is 53.4 Å². The van der Waals surface area contributed by atoms with Crippen molar-refractivity contribution in [3.63, 3.8) is 0 Å². The zero-order chi connectivity index (χ0) is 10.5. The Kier molecular flexibility index (Phi) is 1.64. The van der Waals surface area contributed by atoms with Gasteiger partial charge < -0.3 is 5.11 Å². The summed E-state index contributed by atoms with van der Waals surface area (Å²) < 4.78 is 4.43. The molecule has 0 aliphatic carbocycles. The van der Waals surface area contributed by atoms with Crippen molar-refractivity contribution in [2.45, 2.75) is 6.92 Å².